The molecule has 1 aliphatic heterocycles. The molecule has 1 amide bonds. The number of likely N-dealkylation sites (tertiary alicyclic amines) is 1. The Kier molecular flexibility index (Phi) is 4.10. The summed E-state index contributed by atoms with van der Waals surface area (Å²) in [6.07, 6.45) is -0.385. The average molecular weight is 260 g/mol. The second-order valence-corrected chi connectivity index (χ2v) is 6.92. The van der Waals surface area contributed by atoms with Crippen molar-refractivity contribution < 1.29 is 24.1 Å². The zero-order chi connectivity index (χ0) is 14.2. The Bertz CT molecular complexity index is 316. The highest BCUT2D eigenvalue weighted by Gasteiger charge is 2.52. The number of aliphatic hydroxyl groups is 1. The van der Waals surface area contributed by atoms with Gasteiger partial charge in [0.05, 0.1) is 0 Å². The smallest absolute Gasteiger partial charge is 0.412 e. The molecule has 0 saturated carbocycles. The number of hydrogen-bond acceptors (Lipinski definition) is 4. The number of carbonyl (C=O) groups is 1. The molecule has 18 heavy (non-hydrogen) atoms. The Morgan fingerprint density at radius 2 is 1.72 bits per heavy atom. The van der Waals surface area contributed by atoms with Gasteiger partial charge in [-0.3, -0.25) is 0 Å². The summed E-state index contributed by atoms with van der Waals surface area (Å²) in [4.78, 5) is 18.2. The monoisotopic (exact) mass is 260 g/mol. The molecule has 0 aromatic heterocycles. The van der Waals surface area contributed by atoms with Crippen LogP contribution in [0, 0.1) is 0 Å². The Morgan fingerprint density at radius 3 is 2.06 bits per heavy atom. The standard InChI is InChI=1S/C13H26NO4/c1-12(2,3)17-11(16)14(18-13(4,5)6)8-7-10(15)9-14/h10,15H,7-9H2,1-6H3/q+1/t10-,14?/m1/s1. The van der Waals surface area contributed by atoms with Gasteiger partial charge in [-0.25, -0.2) is 0 Å². The molecule has 5 heteroatoms. The van der Waals surface area contributed by atoms with Crippen molar-refractivity contribution in [2.75, 3.05) is 13.1 Å². The van der Waals surface area contributed by atoms with Crippen LogP contribution >= 0.6 is 0 Å². The maximum absolute atomic E-state index is 12.3. The summed E-state index contributed by atoms with van der Waals surface area (Å²) in [7, 11) is 0. The van der Waals surface area contributed by atoms with Gasteiger partial charge in [-0.2, -0.15) is 9.63 Å². The molecule has 0 aromatic carbocycles. The molecule has 0 spiro atoms. The highest BCUT2D eigenvalue weighted by atomic mass is 16.8. The van der Waals surface area contributed by atoms with Crippen LogP contribution in [-0.4, -0.2) is 46.2 Å². The lowest BCUT2D eigenvalue weighted by molar-refractivity contribution is -1.05. The molecule has 0 aromatic rings. The van der Waals surface area contributed by atoms with Crippen molar-refractivity contribution in [3.63, 3.8) is 0 Å². The van der Waals surface area contributed by atoms with Crippen molar-refractivity contribution in [3.05, 3.63) is 0 Å². The molecule has 1 N–H and O–H groups in total. The molecule has 5 nitrogen and oxygen atoms in total. The lowest BCUT2D eigenvalue weighted by Crippen LogP contribution is -2.56. The summed E-state index contributed by atoms with van der Waals surface area (Å²) < 4.78 is 5.17. The fourth-order valence-electron chi connectivity index (χ4n) is 2.04. The molecule has 1 fully saturated rings. The van der Waals surface area contributed by atoms with Crippen molar-refractivity contribution in [3.8, 4) is 0 Å². The third-order valence-corrected chi connectivity index (χ3v) is 2.50. The van der Waals surface area contributed by atoms with E-state index in [0.717, 1.165) is 0 Å². The lowest BCUT2D eigenvalue weighted by atomic mass is 10.2. The minimum Gasteiger partial charge on any atom is -0.412 e. The van der Waals surface area contributed by atoms with Crippen LogP contribution in [0.1, 0.15) is 48.0 Å². The van der Waals surface area contributed by atoms with Crippen LogP contribution < -0.4 is 0 Å². The molecule has 1 saturated heterocycles. The van der Waals surface area contributed by atoms with E-state index < -0.39 is 23.4 Å². The quantitative estimate of drug-likeness (QED) is 0.735. The van der Waals surface area contributed by atoms with Crippen LogP contribution in [0.15, 0.2) is 0 Å². The molecule has 0 aliphatic carbocycles. The maximum atomic E-state index is 12.3. The second-order valence-electron chi connectivity index (χ2n) is 6.92. The first-order valence-electron chi connectivity index (χ1n) is 6.43. The zero-order valence-electron chi connectivity index (χ0n) is 12.3. The fourth-order valence-corrected chi connectivity index (χ4v) is 2.04. The molecule has 1 rings (SSSR count). The Balaban J connectivity index is 2.89. The minimum atomic E-state index is -0.558. The van der Waals surface area contributed by atoms with E-state index in [4.69, 9.17) is 9.57 Å². The largest absolute Gasteiger partial charge is 0.550 e. The first-order valence-corrected chi connectivity index (χ1v) is 6.43. The van der Waals surface area contributed by atoms with Gasteiger partial charge in [-0.05, 0) is 41.5 Å². The number of carbonyl (C=O) groups excluding carboxylic acids is 1. The van der Waals surface area contributed by atoms with Gasteiger partial charge >= 0.3 is 6.09 Å². The van der Waals surface area contributed by atoms with Crippen LogP contribution in [0.25, 0.3) is 0 Å². The van der Waals surface area contributed by atoms with Crippen molar-refractivity contribution in [1.82, 2.24) is 0 Å². The van der Waals surface area contributed by atoms with E-state index in [1.165, 1.54) is 0 Å². The van der Waals surface area contributed by atoms with Crippen LogP contribution in [0.3, 0.4) is 0 Å². The third-order valence-electron chi connectivity index (χ3n) is 2.50. The lowest BCUT2D eigenvalue weighted by Gasteiger charge is -2.34. The molecular formula is C13H26NO4+. The molecule has 1 heterocycles. The number of aliphatic hydroxyl groups excluding tert-OH is 1. The number of ether oxygens (including phenoxy) is 1. The van der Waals surface area contributed by atoms with Gasteiger partial charge in [0.25, 0.3) is 0 Å². The summed E-state index contributed by atoms with van der Waals surface area (Å²) in [5.41, 5.74) is -1.03. The van der Waals surface area contributed by atoms with E-state index in [-0.39, 0.29) is 11.2 Å². The number of rotatable bonds is 1. The van der Waals surface area contributed by atoms with Crippen molar-refractivity contribution >= 4 is 6.09 Å². The van der Waals surface area contributed by atoms with Crippen LogP contribution in [0.5, 0.6) is 0 Å². The third kappa shape index (κ3) is 4.23. The number of nitrogens with zero attached hydrogens (tertiary/aromatic N) is 1. The molecule has 106 valence electrons. The Hall–Kier alpha value is -0.650. The van der Waals surface area contributed by atoms with Crippen molar-refractivity contribution in [1.29, 1.82) is 0 Å². The molecule has 0 bridgehead atoms. The predicted molar refractivity (Wildman–Crippen MR) is 67.7 cm³/mol. The summed E-state index contributed by atoms with van der Waals surface area (Å²) in [5.74, 6) is 0. The zero-order valence-corrected chi connectivity index (χ0v) is 12.3. The minimum absolute atomic E-state index is 0.248. The van der Waals surface area contributed by atoms with E-state index in [9.17, 15) is 9.90 Å². The number of quaternary nitrogens is 1. The van der Waals surface area contributed by atoms with E-state index in [0.29, 0.717) is 13.0 Å². The van der Waals surface area contributed by atoms with Crippen LogP contribution in [0.4, 0.5) is 4.79 Å². The van der Waals surface area contributed by atoms with Gasteiger partial charge in [-0.15, -0.1) is 0 Å². The van der Waals surface area contributed by atoms with Gasteiger partial charge in [0.15, 0.2) is 0 Å². The van der Waals surface area contributed by atoms with E-state index >= 15 is 0 Å². The fraction of sp³-hybridized carbons (Fsp3) is 0.923. The maximum Gasteiger partial charge on any atom is 0.550 e. The van der Waals surface area contributed by atoms with Gasteiger partial charge in [0, 0.05) is 6.42 Å². The van der Waals surface area contributed by atoms with Gasteiger partial charge in [0.2, 0.25) is 0 Å². The number of amides is 1. The predicted octanol–water partition coefficient (Wildman–Crippen LogP) is 2.23. The summed E-state index contributed by atoms with van der Waals surface area (Å²) in [5, 5.41) is 9.71. The van der Waals surface area contributed by atoms with Crippen LogP contribution in [0.2, 0.25) is 0 Å². The van der Waals surface area contributed by atoms with Gasteiger partial charge < -0.3 is 9.84 Å². The summed E-state index contributed by atoms with van der Waals surface area (Å²) >= 11 is 0. The highest BCUT2D eigenvalue weighted by Crippen LogP contribution is 2.29. The molecule has 0 radical (unpaired) electrons. The topological polar surface area (TPSA) is 55.8 Å². The van der Waals surface area contributed by atoms with Crippen molar-refractivity contribution in [2.45, 2.75) is 65.3 Å². The van der Waals surface area contributed by atoms with Crippen molar-refractivity contribution in [2.24, 2.45) is 0 Å². The summed E-state index contributed by atoms with van der Waals surface area (Å²) in [6.45, 7) is 11.9. The van der Waals surface area contributed by atoms with Gasteiger partial charge in [0.1, 0.15) is 30.4 Å². The SMILES string of the molecule is CC(C)(C)OC(=O)[N+]1(OC(C)(C)C)CC[C@@H](O)C1. The van der Waals surface area contributed by atoms with Crippen LogP contribution in [-0.2, 0) is 9.57 Å². The number of hydrogen-bond donors (Lipinski definition) is 1. The highest BCUT2D eigenvalue weighted by molar-refractivity contribution is 5.59. The Morgan fingerprint density at radius 1 is 1.17 bits per heavy atom. The van der Waals surface area contributed by atoms with Gasteiger partial charge in [-0.1, -0.05) is 4.65 Å². The molecule has 1 unspecified atom stereocenters. The van der Waals surface area contributed by atoms with E-state index in [1.807, 2.05) is 41.5 Å². The second kappa shape index (κ2) is 4.79. The van der Waals surface area contributed by atoms with E-state index in [2.05, 4.69) is 0 Å². The molecule has 2 atom stereocenters. The average Bonchev–Trinajstić information content (AvgIpc) is 2.42. The number of hydroxylamine groups is 3. The first-order chi connectivity index (χ1) is 7.94. The Labute approximate surface area is 109 Å². The molecular weight excluding hydrogens is 234 g/mol. The molecule has 1 aliphatic rings. The van der Waals surface area contributed by atoms with E-state index in [1.54, 1.807) is 0 Å². The first kappa shape index (κ1) is 15.4. The summed E-state index contributed by atoms with van der Waals surface area (Å²) in [6, 6.07) is 0. The normalized spacial score (nSPS) is 29.4.